The van der Waals surface area contributed by atoms with Gasteiger partial charge in [-0.2, -0.15) is 0 Å². The minimum atomic E-state index is -3.24. The summed E-state index contributed by atoms with van der Waals surface area (Å²) in [6, 6.07) is 7.71. The van der Waals surface area contributed by atoms with Crippen molar-refractivity contribution >= 4 is 15.7 Å². The highest BCUT2D eigenvalue weighted by atomic mass is 32.2. The van der Waals surface area contributed by atoms with Gasteiger partial charge in [0.15, 0.2) is 9.84 Å². The molecule has 17 heavy (non-hydrogen) atoms. The minimum absolute atomic E-state index is 0.00898. The Kier molecular flexibility index (Phi) is 4.69. The van der Waals surface area contributed by atoms with Crippen molar-refractivity contribution in [3.8, 4) is 0 Å². The molecule has 0 radical (unpaired) electrons. The average Bonchev–Trinajstić information content (AvgIpc) is 2.28. The van der Waals surface area contributed by atoms with E-state index in [9.17, 15) is 13.2 Å². The summed E-state index contributed by atoms with van der Waals surface area (Å²) in [7, 11) is -3.24. The molecule has 4 nitrogen and oxygen atoms in total. The van der Waals surface area contributed by atoms with Crippen molar-refractivity contribution in [1.82, 2.24) is 5.32 Å². The Morgan fingerprint density at radius 1 is 1.24 bits per heavy atom. The lowest BCUT2D eigenvalue weighted by molar-refractivity contribution is -0.118. The molecule has 0 spiro atoms. The molecule has 1 rings (SSSR count). The summed E-state index contributed by atoms with van der Waals surface area (Å²) >= 11 is 0. The highest BCUT2D eigenvalue weighted by Gasteiger charge is 2.13. The summed E-state index contributed by atoms with van der Waals surface area (Å²) < 4.78 is 22.4. The van der Waals surface area contributed by atoms with Crippen LogP contribution in [0.2, 0.25) is 0 Å². The molecule has 0 saturated carbocycles. The van der Waals surface area contributed by atoms with E-state index in [4.69, 9.17) is 0 Å². The first-order valence-electron chi connectivity index (χ1n) is 5.45. The molecule has 0 unspecified atom stereocenters. The molecule has 0 bridgehead atoms. The molecule has 0 fully saturated rings. The lowest BCUT2D eigenvalue weighted by atomic mass is 10.1. The Morgan fingerprint density at radius 3 is 2.35 bits per heavy atom. The largest absolute Gasteiger partial charge is 0.351 e. The second-order valence-corrected chi connectivity index (χ2v) is 6.29. The van der Waals surface area contributed by atoms with Crippen LogP contribution in [0.1, 0.15) is 18.1 Å². The molecule has 0 heterocycles. The van der Waals surface area contributed by atoms with E-state index < -0.39 is 21.5 Å². The fourth-order valence-electron chi connectivity index (χ4n) is 1.26. The van der Waals surface area contributed by atoms with Crippen molar-refractivity contribution in [2.24, 2.45) is 0 Å². The Hall–Kier alpha value is -1.36. The van der Waals surface area contributed by atoms with Gasteiger partial charge in [-0.1, -0.05) is 36.8 Å². The van der Waals surface area contributed by atoms with Crippen LogP contribution in [0.25, 0.3) is 0 Å². The molecular weight excluding hydrogens is 238 g/mol. The van der Waals surface area contributed by atoms with Gasteiger partial charge in [0.25, 0.3) is 0 Å². The standard InChI is InChI=1S/C12H17NO3S/c1-3-17(15,16)9-12(14)13-8-11-6-4-10(2)5-7-11/h4-7H,3,8-9H2,1-2H3,(H,13,14). The average molecular weight is 255 g/mol. The Labute approximate surface area is 102 Å². The van der Waals surface area contributed by atoms with Gasteiger partial charge in [0.05, 0.1) is 0 Å². The molecule has 1 amide bonds. The maximum atomic E-state index is 11.4. The van der Waals surface area contributed by atoms with E-state index >= 15 is 0 Å². The second kappa shape index (κ2) is 5.82. The SMILES string of the molecule is CCS(=O)(=O)CC(=O)NCc1ccc(C)cc1. The molecule has 1 aromatic carbocycles. The Balaban J connectivity index is 2.46. The molecular formula is C12H17NO3S. The van der Waals surface area contributed by atoms with Crippen LogP contribution in [-0.2, 0) is 21.2 Å². The van der Waals surface area contributed by atoms with Crippen molar-refractivity contribution in [2.75, 3.05) is 11.5 Å². The normalized spacial score (nSPS) is 11.2. The van der Waals surface area contributed by atoms with Crippen LogP contribution in [0.15, 0.2) is 24.3 Å². The number of carbonyl (C=O) groups excluding carboxylic acids is 1. The van der Waals surface area contributed by atoms with E-state index in [2.05, 4.69) is 5.32 Å². The minimum Gasteiger partial charge on any atom is -0.351 e. The maximum absolute atomic E-state index is 11.4. The molecule has 0 aliphatic carbocycles. The van der Waals surface area contributed by atoms with Gasteiger partial charge < -0.3 is 5.32 Å². The third-order valence-electron chi connectivity index (χ3n) is 2.40. The molecule has 0 aliphatic rings. The number of hydrogen-bond acceptors (Lipinski definition) is 3. The monoisotopic (exact) mass is 255 g/mol. The molecule has 1 N–H and O–H groups in total. The zero-order chi connectivity index (χ0) is 12.9. The molecule has 94 valence electrons. The van der Waals surface area contributed by atoms with Gasteiger partial charge in [-0.3, -0.25) is 4.79 Å². The van der Waals surface area contributed by atoms with Crippen molar-refractivity contribution in [2.45, 2.75) is 20.4 Å². The van der Waals surface area contributed by atoms with Gasteiger partial charge in [0, 0.05) is 12.3 Å². The topological polar surface area (TPSA) is 63.2 Å². The van der Waals surface area contributed by atoms with E-state index in [1.54, 1.807) is 0 Å². The summed E-state index contributed by atoms with van der Waals surface area (Å²) in [6.07, 6.45) is 0. The predicted molar refractivity (Wildman–Crippen MR) is 67.4 cm³/mol. The highest BCUT2D eigenvalue weighted by molar-refractivity contribution is 7.92. The number of nitrogens with one attached hydrogen (secondary N) is 1. The molecule has 0 saturated heterocycles. The number of rotatable bonds is 5. The van der Waals surface area contributed by atoms with Gasteiger partial charge >= 0.3 is 0 Å². The lowest BCUT2D eigenvalue weighted by Gasteiger charge is -2.05. The van der Waals surface area contributed by atoms with Crippen LogP contribution < -0.4 is 5.32 Å². The van der Waals surface area contributed by atoms with E-state index in [0.29, 0.717) is 6.54 Å². The zero-order valence-electron chi connectivity index (χ0n) is 10.1. The lowest BCUT2D eigenvalue weighted by Crippen LogP contribution is -2.30. The highest BCUT2D eigenvalue weighted by Crippen LogP contribution is 2.02. The molecule has 0 aromatic heterocycles. The summed E-state index contributed by atoms with van der Waals surface area (Å²) in [4.78, 5) is 11.4. The van der Waals surface area contributed by atoms with Crippen molar-refractivity contribution < 1.29 is 13.2 Å². The first-order valence-corrected chi connectivity index (χ1v) is 7.28. The van der Waals surface area contributed by atoms with Crippen LogP contribution in [-0.4, -0.2) is 25.8 Å². The van der Waals surface area contributed by atoms with Gasteiger partial charge in [0.1, 0.15) is 5.75 Å². The second-order valence-electron chi connectivity index (χ2n) is 3.94. The molecule has 5 heteroatoms. The molecule has 0 aliphatic heterocycles. The van der Waals surface area contributed by atoms with E-state index in [1.807, 2.05) is 31.2 Å². The number of amides is 1. The smallest absolute Gasteiger partial charge is 0.235 e. The number of sulfone groups is 1. The summed E-state index contributed by atoms with van der Waals surface area (Å²) in [5.41, 5.74) is 2.10. The Bertz CT molecular complexity index is 477. The van der Waals surface area contributed by atoms with Crippen LogP contribution in [0.5, 0.6) is 0 Å². The fourth-order valence-corrected chi connectivity index (χ4v) is 1.97. The van der Waals surface area contributed by atoms with Gasteiger partial charge in [0.2, 0.25) is 5.91 Å². The first-order chi connectivity index (χ1) is 7.93. The third-order valence-corrected chi connectivity index (χ3v) is 3.98. The number of aryl methyl sites for hydroxylation is 1. The number of carbonyl (C=O) groups is 1. The van der Waals surface area contributed by atoms with Crippen LogP contribution in [0, 0.1) is 6.92 Å². The van der Waals surface area contributed by atoms with Crippen molar-refractivity contribution in [3.05, 3.63) is 35.4 Å². The van der Waals surface area contributed by atoms with Gasteiger partial charge in [-0.15, -0.1) is 0 Å². The van der Waals surface area contributed by atoms with Crippen molar-refractivity contribution in [1.29, 1.82) is 0 Å². The van der Waals surface area contributed by atoms with E-state index in [-0.39, 0.29) is 5.75 Å². The van der Waals surface area contributed by atoms with Crippen molar-refractivity contribution in [3.63, 3.8) is 0 Å². The maximum Gasteiger partial charge on any atom is 0.235 e. The van der Waals surface area contributed by atoms with Gasteiger partial charge in [-0.25, -0.2) is 8.42 Å². The fraction of sp³-hybridized carbons (Fsp3) is 0.417. The summed E-state index contributed by atoms with van der Waals surface area (Å²) in [6.45, 7) is 3.87. The quantitative estimate of drug-likeness (QED) is 0.855. The Morgan fingerprint density at radius 2 is 1.82 bits per heavy atom. The molecule has 0 atom stereocenters. The van der Waals surface area contributed by atoms with E-state index in [1.165, 1.54) is 6.92 Å². The number of benzene rings is 1. The van der Waals surface area contributed by atoms with Crippen LogP contribution in [0.3, 0.4) is 0 Å². The predicted octanol–water partition coefficient (Wildman–Crippen LogP) is 1.05. The van der Waals surface area contributed by atoms with Crippen LogP contribution >= 0.6 is 0 Å². The van der Waals surface area contributed by atoms with E-state index in [0.717, 1.165) is 11.1 Å². The summed E-state index contributed by atoms with van der Waals surface area (Å²) in [5.74, 6) is -0.896. The van der Waals surface area contributed by atoms with Crippen LogP contribution in [0.4, 0.5) is 0 Å². The first kappa shape index (κ1) is 13.7. The number of hydrogen-bond donors (Lipinski definition) is 1. The third kappa shape index (κ3) is 4.99. The zero-order valence-corrected chi connectivity index (χ0v) is 10.9. The summed E-state index contributed by atoms with van der Waals surface area (Å²) in [5, 5.41) is 2.59. The van der Waals surface area contributed by atoms with Gasteiger partial charge in [-0.05, 0) is 12.5 Å². The molecule has 1 aromatic rings.